The maximum atomic E-state index is 11.2. The van der Waals surface area contributed by atoms with Gasteiger partial charge in [-0.2, -0.15) is 0 Å². The average molecular weight is 253 g/mol. The molecule has 0 saturated carbocycles. The van der Waals surface area contributed by atoms with Crippen molar-refractivity contribution in [3.8, 4) is 0 Å². The van der Waals surface area contributed by atoms with Crippen molar-refractivity contribution >= 4 is 5.97 Å². The van der Waals surface area contributed by atoms with Gasteiger partial charge < -0.3 is 19.9 Å². The number of rotatable bonds is 8. The van der Waals surface area contributed by atoms with Gasteiger partial charge in [-0.3, -0.25) is 0 Å². The number of ether oxygens (including phenoxy) is 3. The van der Waals surface area contributed by atoms with Crippen LogP contribution < -0.4 is 5.73 Å². The van der Waals surface area contributed by atoms with E-state index in [-0.39, 0.29) is 5.97 Å². The first kappa shape index (κ1) is 14.6. The third-order valence-electron chi connectivity index (χ3n) is 2.28. The summed E-state index contributed by atoms with van der Waals surface area (Å²) < 4.78 is 15.2. The van der Waals surface area contributed by atoms with Crippen LogP contribution in [0, 0.1) is 0 Å². The van der Waals surface area contributed by atoms with Gasteiger partial charge in [-0.05, 0) is 17.7 Å². The van der Waals surface area contributed by atoms with Gasteiger partial charge in [0.2, 0.25) is 0 Å². The van der Waals surface area contributed by atoms with Crippen molar-refractivity contribution in [2.45, 2.75) is 6.61 Å². The van der Waals surface area contributed by atoms with E-state index in [1.165, 1.54) is 7.11 Å². The first-order valence-corrected chi connectivity index (χ1v) is 5.80. The van der Waals surface area contributed by atoms with E-state index in [1.54, 1.807) is 12.1 Å². The summed E-state index contributed by atoms with van der Waals surface area (Å²) in [6, 6.07) is 7.12. The maximum absolute atomic E-state index is 11.2. The number of hydrogen-bond acceptors (Lipinski definition) is 5. The molecule has 100 valence electrons. The highest BCUT2D eigenvalue weighted by molar-refractivity contribution is 5.89. The molecule has 0 amide bonds. The molecule has 0 fully saturated rings. The van der Waals surface area contributed by atoms with E-state index >= 15 is 0 Å². The van der Waals surface area contributed by atoms with Crippen molar-refractivity contribution < 1.29 is 19.0 Å². The van der Waals surface area contributed by atoms with E-state index in [1.807, 2.05) is 12.1 Å². The molecular weight excluding hydrogens is 234 g/mol. The Morgan fingerprint density at radius 1 is 1.11 bits per heavy atom. The van der Waals surface area contributed by atoms with Gasteiger partial charge in [0.15, 0.2) is 0 Å². The number of carbonyl (C=O) groups is 1. The first-order valence-electron chi connectivity index (χ1n) is 5.80. The second-order valence-electron chi connectivity index (χ2n) is 3.64. The zero-order valence-corrected chi connectivity index (χ0v) is 10.6. The van der Waals surface area contributed by atoms with E-state index in [9.17, 15) is 4.79 Å². The van der Waals surface area contributed by atoms with Crippen molar-refractivity contribution in [3.05, 3.63) is 35.4 Å². The molecule has 18 heavy (non-hydrogen) atoms. The second kappa shape index (κ2) is 8.63. The lowest BCUT2D eigenvalue weighted by Gasteiger charge is -2.06. The van der Waals surface area contributed by atoms with Gasteiger partial charge in [0.25, 0.3) is 0 Å². The van der Waals surface area contributed by atoms with Crippen LogP contribution in [0.1, 0.15) is 15.9 Å². The lowest BCUT2D eigenvalue weighted by Crippen LogP contribution is -2.12. The van der Waals surface area contributed by atoms with Crippen molar-refractivity contribution in [1.82, 2.24) is 0 Å². The molecule has 0 heterocycles. The molecule has 0 aliphatic heterocycles. The fraction of sp³-hybridized carbons (Fsp3) is 0.462. The van der Waals surface area contributed by atoms with Gasteiger partial charge in [0, 0.05) is 6.54 Å². The minimum absolute atomic E-state index is 0.336. The fourth-order valence-electron chi connectivity index (χ4n) is 1.35. The minimum atomic E-state index is -0.336. The molecule has 0 saturated heterocycles. The molecule has 0 atom stereocenters. The van der Waals surface area contributed by atoms with Crippen LogP contribution in [-0.2, 0) is 20.8 Å². The van der Waals surface area contributed by atoms with Crippen LogP contribution in [0.2, 0.25) is 0 Å². The van der Waals surface area contributed by atoms with Gasteiger partial charge in [-0.1, -0.05) is 12.1 Å². The molecule has 5 nitrogen and oxygen atoms in total. The zero-order valence-electron chi connectivity index (χ0n) is 10.6. The summed E-state index contributed by atoms with van der Waals surface area (Å²) in [5.41, 5.74) is 6.82. The Hall–Kier alpha value is -1.43. The third kappa shape index (κ3) is 5.27. The Labute approximate surface area is 107 Å². The number of carbonyl (C=O) groups excluding carboxylic acids is 1. The highest BCUT2D eigenvalue weighted by atomic mass is 16.5. The molecule has 0 aromatic heterocycles. The predicted octanol–water partition coefficient (Wildman–Crippen LogP) is 0.965. The van der Waals surface area contributed by atoms with Gasteiger partial charge in [0.1, 0.15) is 0 Å². The molecule has 0 radical (unpaired) electrons. The fourth-order valence-corrected chi connectivity index (χ4v) is 1.35. The number of methoxy groups -OCH3 is 1. The first-order chi connectivity index (χ1) is 8.77. The quantitative estimate of drug-likeness (QED) is 0.552. The summed E-state index contributed by atoms with van der Waals surface area (Å²) in [6.07, 6.45) is 0. The lowest BCUT2D eigenvalue weighted by atomic mass is 10.1. The molecule has 0 aliphatic carbocycles. The lowest BCUT2D eigenvalue weighted by molar-refractivity contribution is 0.0433. The maximum Gasteiger partial charge on any atom is 0.337 e. The standard InChI is InChI=1S/C13H19NO4/c1-16-13(15)12-4-2-11(3-5-12)10-18-9-8-17-7-6-14/h2-5H,6-10,14H2,1H3. The summed E-state index contributed by atoms with van der Waals surface area (Å²) in [7, 11) is 1.36. The Kier molecular flexibility index (Phi) is 7.01. The number of benzene rings is 1. The zero-order chi connectivity index (χ0) is 13.2. The van der Waals surface area contributed by atoms with Crippen molar-refractivity contribution in [2.75, 3.05) is 33.5 Å². The van der Waals surface area contributed by atoms with Crippen LogP contribution in [-0.4, -0.2) is 39.4 Å². The summed E-state index contributed by atoms with van der Waals surface area (Å²) in [4.78, 5) is 11.2. The monoisotopic (exact) mass is 253 g/mol. The van der Waals surface area contributed by atoms with E-state index in [4.69, 9.17) is 15.2 Å². The molecule has 0 spiro atoms. The molecular formula is C13H19NO4. The average Bonchev–Trinajstić information content (AvgIpc) is 2.42. The Morgan fingerprint density at radius 2 is 1.78 bits per heavy atom. The summed E-state index contributed by atoms with van der Waals surface area (Å²) >= 11 is 0. The minimum Gasteiger partial charge on any atom is -0.465 e. The number of hydrogen-bond donors (Lipinski definition) is 1. The van der Waals surface area contributed by atoms with Crippen molar-refractivity contribution in [2.24, 2.45) is 5.73 Å². The Morgan fingerprint density at radius 3 is 2.39 bits per heavy atom. The van der Waals surface area contributed by atoms with E-state index in [0.717, 1.165) is 5.56 Å². The molecule has 5 heteroatoms. The molecule has 0 aliphatic rings. The van der Waals surface area contributed by atoms with Crippen LogP contribution >= 0.6 is 0 Å². The molecule has 0 unspecified atom stereocenters. The largest absolute Gasteiger partial charge is 0.465 e. The second-order valence-corrected chi connectivity index (χ2v) is 3.64. The van der Waals surface area contributed by atoms with Gasteiger partial charge in [0.05, 0.1) is 39.1 Å². The molecule has 1 aromatic carbocycles. The highest BCUT2D eigenvalue weighted by Crippen LogP contribution is 2.06. The van der Waals surface area contributed by atoms with Gasteiger partial charge in [-0.15, -0.1) is 0 Å². The molecule has 2 N–H and O–H groups in total. The number of nitrogens with two attached hydrogens (primary N) is 1. The Balaban J connectivity index is 2.25. The van der Waals surface area contributed by atoms with Crippen LogP contribution in [0.4, 0.5) is 0 Å². The van der Waals surface area contributed by atoms with Crippen molar-refractivity contribution in [1.29, 1.82) is 0 Å². The van der Waals surface area contributed by atoms with Crippen LogP contribution in [0.25, 0.3) is 0 Å². The highest BCUT2D eigenvalue weighted by Gasteiger charge is 2.03. The summed E-state index contributed by atoms with van der Waals surface area (Å²) in [5.74, 6) is -0.336. The van der Waals surface area contributed by atoms with E-state index in [2.05, 4.69) is 4.74 Å². The molecule has 1 aromatic rings. The van der Waals surface area contributed by atoms with E-state index < -0.39 is 0 Å². The molecule has 0 bridgehead atoms. The van der Waals surface area contributed by atoms with Crippen molar-refractivity contribution in [3.63, 3.8) is 0 Å². The SMILES string of the molecule is COC(=O)c1ccc(COCCOCCN)cc1. The molecule has 1 rings (SSSR count). The van der Waals surface area contributed by atoms with Crippen LogP contribution in [0.3, 0.4) is 0 Å². The summed E-state index contributed by atoms with van der Waals surface area (Å²) in [5, 5.41) is 0. The van der Waals surface area contributed by atoms with Gasteiger partial charge in [-0.25, -0.2) is 4.79 Å². The summed E-state index contributed by atoms with van der Waals surface area (Å²) in [6.45, 7) is 2.63. The predicted molar refractivity (Wildman–Crippen MR) is 67.3 cm³/mol. The van der Waals surface area contributed by atoms with E-state index in [0.29, 0.717) is 38.5 Å². The number of esters is 1. The topological polar surface area (TPSA) is 70.8 Å². The van der Waals surface area contributed by atoms with Crippen LogP contribution in [0.5, 0.6) is 0 Å². The normalized spacial score (nSPS) is 10.3. The smallest absolute Gasteiger partial charge is 0.337 e. The Bertz CT molecular complexity index is 351. The van der Waals surface area contributed by atoms with Crippen LogP contribution in [0.15, 0.2) is 24.3 Å². The van der Waals surface area contributed by atoms with Gasteiger partial charge >= 0.3 is 5.97 Å². The third-order valence-corrected chi connectivity index (χ3v) is 2.28.